The van der Waals surface area contributed by atoms with Crippen LogP contribution in [0.2, 0.25) is 0 Å². The fraction of sp³-hybridized carbons (Fsp3) is 0.478. The highest BCUT2D eigenvalue weighted by atomic mass is 32.1. The molecule has 5 nitrogen and oxygen atoms in total. The van der Waals surface area contributed by atoms with Crippen molar-refractivity contribution in [2.75, 3.05) is 26.2 Å². The zero-order valence-electron chi connectivity index (χ0n) is 17.5. The van der Waals surface area contributed by atoms with E-state index in [4.69, 9.17) is 0 Å². The van der Waals surface area contributed by atoms with Crippen LogP contribution in [0.25, 0.3) is 0 Å². The normalized spacial score (nSPS) is 15.8. The fourth-order valence-electron chi connectivity index (χ4n) is 3.60. The van der Waals surface area contributed by atoms with Gasteiger partial charge in [0.15, 0.2) is 0 Å². The Hall–Kier alpha value is -2.18. The third-order valence-electron chi connectivity index (χ3n) is 5.37. The largest absolute Gasteiger partial charge is 0.353 e. The maximum absolute atomic E-state index is 12.3. The molecule has 2 N–H and O–H groups in total. The van der Waals surface area contributed by atoms with E-state index in [1.165, 1.54) is 23.3 Å². The van der Waals surface area contributed by atoms with Crippen molar-refractivity contribution >= 4 is 23.2 Å². The van der Waals surface area contributed by atoms with E-state index in [0.29, 0.717) is 12.1 Å². The molecule has 0 radical (unpaired) electrons. The molecule has 1 aromatic heterocycles. The van der Waals surface area contributed by atoms with Gasteiger partial charge in [-0.25, -0.2) is 0 Å². The average Bonchev–Trinajstić information content (AvgIpc) is 3.40. The molecule has 0 spiro atoms. The van der Waals surface area contributed by atoms with Crippen molar-refractivity contribution in [3.8, 4) is 0 Å². The summed E-state index contributed by atoms with van der Waals surface area (Å²) in [6.07, 6.45) is 2.42. The van der Waals surface area contributed by atoms with Crippen LogP contribution in [0.3, 0.4) is 0 Å². The van der Waals surface area contributed by atoms with Gasteiger partial charge in [-0.05, 0) is 60.5 Å². The van der Waals surface area contributed by atoms with Crippen LogP contribution in [0.4, 0.5) is 0 Å². The smallest absolute Gasteiger partial charge is 0.251 e. The Morgan fingerprint density at radius 2 is 1.76 bits per heavy atom. The first-order chi connectivity index (χ1) is 13.8. The Morgan fingerprint density at radius 3 is 2.34 bits per heavy atom. The number of nitrogens with one attached hydrogen (secondary N) is 2. The summed E-state index contributed by atoms with van der Waals surface area (Å²) in [5.74, 6) is -0.389. The minimum absolute atomic E-state index is 0.0168. The van der Waals surface area contributed by atoms with E-state index in [9.17, 15) is 9.59 Å². The lowest BCUT2D eigenvalue weighted by Crippen LogP contribution is -2.41. The number of hydrogen-bond acceptors (Lipinski definition) is 4. The van der Waals surface area contributed by atoms with Gasteiger partial charge in [-0.15, -0.1) is 11.3 Å². The Balaban J connectivity index is 1.49. The predicted molar refractivity (Wildman–Crippen MR) is 118 cm³/mol. The molecule has 1 atom stereocenters. The molecule has 1 saturated heterocycles. The monoisotopic (exact) mass is 413 g/mol. The molecule has 0 saturated carbocycles. The molecule has 29 heavy (non-hydrogen) atoms. The Labute approximate surface area is 177 Å². The number of likely N-dealkylation sites (tertiary alicyclic amines) is 1. The highest BCUT2D eigenvalue weighted by Gasteiger charge is 2.24. The van der Waals surface area contributed by atoms with Gasteiger partial charge < -0.3 is 10.6 Å². The van der Waals surface area contributed by atoms with Gasteiger partial charge in [-0.2, -0.15) is 0 Å². The lowest BCUT2D eigenvalue weighted by atomic mass is 9.87. The van der Waals surface area contributed by atoms with Crippen molar-refractivity contribution in [1.29, 1.82) is 0 Å². The van der Waals surface area contributed by atoms with Gasteiger partial charge in [0.05, 0.1) is 12.6 Å². The second-order valence-corrected chi connectivity index (χ2v) is 9.57. The standard InChI is InChI=1S/C23H31N3O2S/c1-23(2,3)18-10-8-17(9-11-18)22(28)25-16-21(27)24-15-19(20-7-6-14-29-20)26-12-4-5-13-26/h6-11,14,19H,4-5,12-13,15-16H2,1-3H3,(H,24,27)(H,25,28)/t19-/m1/s1. The SMILES string of the molecule is CC(C)(C)c1ccc(C(=O)NCC(=O)NC[C@H](c2cccs2)N2CCCC2)cc1. The zero-order valence-corrected chi connectivity index (χ0v) is 18.3. The molecule has 2 aromatic rings. The first-order valence-corrected chi connectivity index (χ1v) is 11.2. The van der Waals surface area contributed by atoms with Crippen LogP contribution in [-0.2, 0) is 10.2 Å². The minimum Gasteiger partial charge on any atom is -0.353 e. The van der Waals surface area contributed by atoms with Gasteiger partial charge in [-0.3, -0.25) is 14.5 Å². The van der Waals surface area contributed by atoms with Crippen LogP contribution in [0.5, 0.6) is 0 Å². The third-order valence-corrected chi connectivity index (χ3v) is 6.34. The summed E-state index contributed by atoms with van der Waals surface area (Å²) in [7, 11) is 0. The van der Waals surface area contributed by atoms with Crippen LogP contribution in [-0.4, -0.2) is 42.9 Å². The number of rotatable bonds is 7. The maximum atomic E-state index is 12.3. The summed E-state index contributed by atoms with van der Waals surface area (Å²) < 4.78 is 0. The molecule has 3 rings (SSSR count). The van der Waals surface area contributed by atoms with Crippen LogP contribution in [0, 0.1) is 0 Å². The molecule has 6 heteroatoms. The van der Waals surface area contributed by atoms with Gasteiger partial charge >= 0.3 is 0 Å². The van der Waals surface area contributed by atoms with Gasteiger partial charge in [0.2, 0.25) is 5.91 Å². The molecule has 1 fully saturated rings. The number of benzene rings is 1. The topological polar surface area (TPSA) is 61.4 Å². The molecular formula is C23H31N3O2S. The molecular weight excluding hydrogens is 382 g/mol. The maximum Gasteiger partial charge on any atom is 0.251 e. The van der Waals surface area contributed by atoms with Gasteiger partial charge in [0.1, 0.15) is 0 Å². The van der Waals surface area contributed by atoms with Crippen LogP contribution < -0.4 is 10.6 Å². The van der Waals surface area contributed by atoms with E-state index in [0.717, 1.165) is 13.1 Å². The van der Waals surface area contributed by atoms with E-state index in [2.05, 4.69) is 53.8 Å². The second-order valence-electron chi connectivity index (χ2n) is 8.59. The first-order valence-electron chi connectivity index (χ1n) is 10.3. The Kier molecular flexibility index (Phi) is 7.09. The van der Waals surface area contributed by atoms with Crippen molar-refractivity contribution in [2.45, 2.75) is 45.1 Å². The van der Waals surface area contributed by atoms with E-state index in [1.54, 1.807) is 11.3 Å². The molecule has 2 heterocycles. The third kappa shape index (κ3) is 5.90. The summed E-state index contributed by atoms with van der Waals surface area (Å²) in [4.78, 5) is 28.4. The molecule has 156 valence electrons. The van der Waals surface area contributed by atoms with Gasteiger partial charge in [0, 0.05) is 17.0 Å². The summed E-state index contributed by atoms with van der Waals surface area (Å²) in [5, 5.41) is 7.79. The number of carbonyl (C=O) groups is 2. The molecule has 0 aliphatic carbocycles. The number of thiophene rings is 1. The quantitative estimate of drug-likeness (QED) is 0.727. The van der Waals surface area contributed by atoms with Gasteiger partial charge in [-0.1, -0.05) is 39.0 Å². The highest BCUT2D eigenvalue weighted by molar-refractivity contribution is 7.10. The predicted octanol–water partition coefficient (Wildman–Crippen LogP) is 3.73. The van der Waals surface area contributed by atoms with Crippen molar-refractivity contribution in [1.82, 2.24) is 15.5 Å². The number of amides is 2. The van der Waals surface area contributed by atoms with Crippen LogP contribution in [0.1, 0.15) is 60.5 Å². The van der Waals surface area contributed by atoms with E-state index < -0.39 is 0 Å². The van der Waals surface area contributed by atoms with Crippen molar-refractivity contribution in [3.05, 3.63) is 57.8 Å². The van der Waals surface area contributed by atoms with Gasteiger partial charge in [0.25, 0.3) is 5.91 Å². The van der Waals surface area contributed by atoms with Crippen molar-refractivity contribution in [2.24, 2.45) is 0 Å². The Morgan fingerprint density at radius 1 is 1.07 bits per heavy atom. The van der Waals surface area contributed by atoms with Crippen LogP contribution >= 0.6 is 11.3 Å². The van der Waals surface area contributed by atoms with E-state index >= 15 is 0 Å². The number of nitrogens with zero attached hydrogens (tertiary/aromatic N) is 1. The fourth-order valence-corrected chi connectivity index (χ4v) is 4.46. The van der Waals surface area contributed by atoms with Crippen molar-refractivity contribution < 1.29 is 9.59 Å². The summed E-state index contributed by atoms with van der Waals surface area (Å²) >= 11 is 1.73. The molecule has 1 aliphatic rings. The second kappa shape index (κ2) is 9.55. The highest BCUT2D eigenvalue weighted by Crippen LogP contribution is 2.27. The zero-order chi connectivity index (χ0) is 20.9. The molecule has 0 unspecified atom stereocenters. The first kappa shape index (κ1) is 21.5. The van der Waals surface area contributed by atoms with Crippen LogP contribution in [0.15, 0.2) is 41.8 Å². The summed E-state index contributed by atoms with van der Waals surface area (Å²) in [6, 6.07) is 12.0. The van der Waals surface area contributed by atoms with E-state index in [1.807, 2.05) is 24.3 Å². The lowest BCUT2D eigenvalue weighted by molar-refractivity contribution is -0.120. The van der Waals surface area contributed by atoms with Crippen molar-refractivity contribution in [3.63, 3.8) is 0 Å². The summed E-state index contributed by atoms with van der Waals surface area (Å²) in [6.45, 7) is 9.10. The number of hydrogen-bond donors (Lipinski definition) is 2. The lowest BCUT2D eigenvalue weighted by Gasteiger charge is -2.27. The molecule has 0 bridgehead atoms. The minimum atomic E-state index is -0.227. The molecule has 1 aliphatic heterocycles. The number of carbonyl (C=O) groups excluding carboxylic acids is 2. The molecule has 2 amide bonds. The Bertz CT molecular complexity index is 804. The molecule has 1 aromatic carbocycles. The van der Waals surface area contributed by atoms with E-state index in [-0.39, 0.29) is 29.8 Å². The summed E-state index contributed by atoms with van der Waals surface area (Å²) in [5.41, 5.74) is 1.79. The average molecular weight is 414 g/mol.